The molecule has 2 heterocycles. The molecule has 11 heteroatoms. The minimum atomic E-state index is -0.455. The fourth-order valence-electron chi connectivity index (χ4n) is 4.03. The molecule has 1 fully saturated rings. The van der Waals surface area contributed by atoms with Crippen LogP contribution in [0.1, 0.15) is 19.3 Å². The van der Waals surface area contributed by atoms with E-state index < -0.39 is 11.7 Å². The van der Waals surface area contributed by atoms with Crippen molar-refractivity contribution in [1.82, 2.24) is 20.2 Å². The van der Waals surface area contributed by atoms with Crippen LogP contribution in [-0.4, -0.2) is 59.5 Å². The van der Waals surface area contributed by atoms with Crippen LogP contribution in [0.5, 0.6) is 5.75 Å². The van der Waals surface area contributed by atoms with Crippen molar-refractivity contribution >= 4 is 55.8 Å². The van der Waals surface area contributed by atoms with E-state index in [0.29, 0.717) is 45.7 Å². The van der Waals surface area contributed by atoms with Crippen molar-refractivity contribution in [1.29, 1.82) is 0 Å². The van der Waals surface area contributed by atoms with E-state index >= 15 is 0 Å². The van der Waals surface area contributed by atoms with Gasteiger partial charge >= 0.3 is 0 Å². The average Bonchev–Trinajstić information content (AvgIpc) is 2.89. The molecule has 3 aromatic rings. The van der Waals surface area contributed by atoms with E-state index in [9.17, 15) is 14.0 Å². The second-order valence-corrected chi connectivity index (χ2v) is 9.48. The van der Waals surface area contributed by atoms with E-state index in [1.165, 1.54) is 18.8 Å². The molecule has 9 nitrogen and oxygen atoms in total. The molecule has 1 saturated heterocycles. The molecule has 194 valence electrons. The number of carbonyl (C=O) groups is 2. The fraction of sp³-hybridized carbons (Fsp3) is 0.308. The van der Waals surface area contributed by atoms with Crippen LogP contribution in [-0.2, 0) is 9.59 Å². The molecule has 1 aliphatic heterocycles. The summed E-state index contributed by atoms with van der Waals surface area (Å²) in [5.41, 5.74) is 1.13. The summed E-state index contributed by atoms with van der Waals surface area (Å²) in [4.78, 5) is 35.0. The number of likely N-dealkylation sites (tertiary alicyclic amines) is 1. The topological polar surface area (TPSA) is 108 Å². The number of fused-ring (bicyclic) bond motifs is 1. The highest BCUT2D eigenvalue weighted by molar-refractivity contribution is 9.10. The standard InChI is InChI=1S/C26H28BrFN6O3/c1-2-24(35)32-22-13-18-21(30-16-31-26(18)33-20-7-6-17(27)12-19(20)28)14-23(22)37-11-8-29-25(36)15-34-9-4-3-5-10-34/h2,6-7,12-14,16H,1,3-5,8-11,15H2,(H,29,36)(H,32,35)(H,30,31,33). The number of amides is 2. The van der Waals surface area contributed by atoms with Crippen molar-refractivity contribution in [2.75, 3.05) is 43.4 Å². The molecule has 2 aromatic carbocycles. The van der Waals surface area contributed by atoms with Crippen LogP contribution < -0.4 is 20.7 Å². The Kier molecular flexibility index (Phi) is 9.02. The number of halogens is 2. The molecular weight excluding hydrogens is 543 g/mol. The summed E-state index contributed by atoms with van der Waals surface area (Å²) in [6.45, 7) is 6.26. The summed E-state index contributed by atoms with van der Waals surface area (Å²) in [6, 6.07) is 7.96. The molecule has 0 unspecified atom stereocenters. The zero-order valence-electron chi connectivity index (χ0n) is 20.2. The van der Waals surface area contributed by atoms with Crippen molar-refractivity contribution in [3.05, 3.63) is 59.6 Å². The largest absolute Gasteiger partial charge is 0.489 e. The first kappa shape index (κ1) is 26.5. The number of nitrogens with one attached hydrogen (secondary N) is 3. The minimum absolute atomic E-state index is 0.0483. The van der Waals surface area contributed by atoms with Gasteiger partial charge in [0.2, 0.25) is 11.8 Å². The molecule has 2 amide bonds. The van der Waals surface area contributed by atoms with Gasteiger partial charge in [0.1, 0.15) is 30.3 Å². The number of nitrogens with zero attached hydrogens (tertiary/aromatic N) is 3. The third-order valence-corrected chi connectivity index (χ3v) is 6.36. The van der Waals surface area contributed by atoms with Crippen LogP contribution in [0.4, 0.5) is 21.6 Å². The Hall–Kier alpha value is -3.57. The summed E-state index contributed by atoms with van der Waals surface area (Å²) < 4.78 is 20.9. The van der Waals surface area contributed by atoms with E-state index in [1.54, 1.807) is 24.3 Å². The second-order valence-electron chi connectivity index (χ2n) is 8.57. The normalized spacial score (nSPS) is 13.7. The SMILES string of the molecule is C=CC(=O)Nc1cc2c(Nc3ccc(Br)cc3F)ncnc2cc1OCCNC(=O)CN1CCCCC1. The highest BCUT2D eigenvalue weighted by atomic mass is 79.9. The highest BCUT2D eigenvalue weighted by Crippen LogP contribution is 2.34. The first-order chi connectivity index (χ1) is 17.9. The highest BCUT2D eigenvalue weighted by Gasteiger charge is 2.16. The van der Waals surface area contributed by atoms with E-state index in [0.717, 1.165) is 32.0 Å². The van der Waals surface area contributed by atoms with Crippen molar-refractivity contribution in [3.8, 4) is 5.75 Å². The van der Waals surface area contributed by atoms with Gasteiger partial charge in [0, 0.05) is 15.9 Å². The zero-order valence-corrected chi connectivity index (χ0v) is 21.8. The van der Waals surface area contributed by atoms with Crippen molar-refractivity contribution < 1.29 is 18.7 Å². The monoisotopic (exact) mass is 570 g/mol. The molecule has 0 bridgehead atoms. The van der Waals surface area contributed by atoms with Crippen LogP contribution in [0.2, 0.25) is 0 Å². The third kappa shape index (κ3) is 7.23. The van der Waals surface area contributed by atoms with Gasteiger partial charge in [-0.1, -0.05) is 28.9 Å². The van der Waals surface area contributed by atoms with Crippen molar-refractivity contribution in [2.45, 2.75) is 19.3 Å². The van der Waals surface area contributed by atoms with E-state index in [-0.39, 0.29) is 18.2 Å². The van der Waals surface area contributed by atoms with E-state index in [1.807, 2.05) is 0 Å². The van der Waals surface area contributed by atoms with E-state index in [4.69, 9.17) is 4.74 Å². The molecule has 0 aliphatic carbocycles. The molecular formula is C26H28BrFN6O3. The van der Waals surface area contributed by atoms with Crippen LogP contribution in [0.15, 0.2) is 53.8 Å². The van der Waals surface area contributed by atoms with Crippen LogP contribution in [0.25, 0.3) is 10.9 Å². The summed E-state index contributed by atoms with van der Waals surface area (Å²) >= 11 is 3.24. The number of anilines is 3. The van der Waals surface area contributed by atoms with Gasteiger partial charge < -0.3 is 20.7 Å². The maximum absolute atomic E-state index is 14.4. The van der Waals surface area contributed by atoms with Crippen LogP contribution >= 0.6 is 15.9 Å². The number of hydrogen-bond donors (Lipinski definition) is 3. The van der Waals surface area contributed by atoms with Crippen LogP contribution in [0, 0.1) is 5.82 Å². The Morgan fingerprint density at radius 2 is 1.95 bits per heavy atom. The summed E-state index contributed by atoms with van der Waals surface area (Å²) in [5, 5.41) is 9.13. The number of hydrogen-bond acceptors (Lipinski definition) is 7. The fourth-order valence-corrected chi connectivity index (χ4v) is 4.36. The summed E-state index contributed by atoms with van der Waals surface area (Å²) in [6.07, 6.45) is 5.96. The van der Waals surface area contributed by atoms with Gasteiger partial charge in [0.05, 0.1) is 30.0 Å². The molecule has 0 atom stereocenters. The van der Waals surface area contributed by atoms with Gasteiger partial charge in [-0.05, 0) is 56.3 Å². The number of piperidine rings is 1. The molecule has 4 rings (SSSR count). The Morgan fingerprint density at radius 3 is 2.70 bits per heavy atom. The molecule has 1 aromatic heterocycles. The number of rotatable bonds is 10. The molecule has 37 heavy (non-hydrogen) atoms. The minimum Gasteiger partial charge on any atom is -0.489 e. The smallest absolute Gasteiger partial charge is 0.247 e. The van der Waals surface area contributed by atoms with Crippen molar-refractivity contribution in [3.63, 3.8) is 0 Å². The van der Waals surface area contributed by atoms with Gasteiger partial charge in [0.25, 0.3) is 0 Å². The third-order valence-electron chi connectivity index (χ3n) is 5.86. The average molecular weight is 571 g/mol. The predicted octanol–water partition coefficient (Wildman–Crippen LogP) is 4.38. The zero-order chi connectivity index (χ0) is 26.2. The lowest BCUT2D eigenvalue weighted by atomic mass is 10.1. The molecule has 0 radical (unpaired) electrons. The van der Waals surface area contributed by atoms with Crippen LogP contribution in [0.3, 0.4) is 0 Å². The number of benzene rings is 2. The predicted molar refractivity (Wildman–Crippen MR) is 145 cm³/mol. The number of aromatic nitrogens is 2. The lowest BCUT2D eigenvalue weighted by Crippen LogP contribution is -2.40. The lowest BCUT2D eigenvalue weighted by molar-refractivity contribution is -0.122. The van der Waals surface area contributed by atoms with Gasteiger partial charge in [0.15, 0.2) is 0 Å². The summed E-state index contributed by atoms with van der Waals surface area (Å²) in [5.74, 6) is -0.204. The number of carbonyl (C=O) groups excluding carboxylic acids is 2. The van der Waals surface area contributed by atoms with Gasteiger partial charge in [-0.2, -0.15) is 0 Å². The van der Waals surface area contributed by atoms with Crippen molar-refractivity contribution in [2.24, 2.45) is 0 Å². The maximum Gasteiger partial charge on any atom is 0.247 e. The lowest BCUT2D eigenvalue weighted by Gasteiger charge is -2.25. The number of ether oxygens (including phenoxy) is 1. The van der Waals surface area contributed by atoms with Gasteiger partial charge in [-0.3, -0.25) is 14.5 Å². The molecule has 1 aliphatic rings. The maximum atomic E-state index is 14.4. The Balaban J connectivity index is 1.48. The first-order valence-corrected chi connectivity index (χ1v) is 12.8. The Labute approximate surface area is 222 Å². The molecule has 0 saturated carbocycles. The second kappa shape index (κ2) is 12.6. The summed E-state index contributed by atoms with van der Waals surface area (Å²) in [7, 11) is 0. The van der Waals surface area contributed by atoms with E-state index in [2.05, 4.69) is 53.3 Å². The first-order valence-electron chi connectivity index (χ1n) is 12.0. The Morgan fingerprint density at radius 1 is 1.14 bits per heavy atom. The Bertz CT molecular complexity index is 1300. The molecule has 3 N–H and O–H groups in total. The van der Waals surface area contributed by atoms with Gasteiger partial charge in [-0.15, -0.1) is 0 Å². The molecule has 0 spiro atoms. The van der Waals surface area contributed by atoms with Gasteiger partial charge in [-0.25, -0.2) is 14.4 Å². The quantitative estimate of drug-likeness (QED) is 0.245.